The van der Waals surface area contributed by atoms with E-state index in [1.807, 2.05) is 6.07 Å². The van der Waals surface area contributed by atoms with Crippen molar-refractivity contribution in [2.24, 2.45) is 5.92 Å². The monoisotopic (exact) mass is 264 g/mol. The van der Waals surface area contributed by atoms with Crippen molar-refractivity contribution >= 4 is 11.6 Å². The SMILES string of the molecule is CCNc1cc(N2CCC(C)C(O)C2)nc(CC)n1. The highest BCUT2D eigenvalue weighted by atomic mass is 16.3. The number of β-amino-alcohol motifs (C(OH)–C–C–N with tert-alkyl or cyclic N) is 1. The largest absolute Gasteiger partial charge is 0.391 e. The maximum absolute atomic E-state index is 10.0. The average molecular weight is 264 g/mol. The molecular weight excluding hydrogens is 240 g/mol. The normalized spacial score (nSPS) is 23.5. The molecule has 1 aliphatic rings. The Morgan fingerprint density at radius 2 is 2.21 bits per heavy atom. The number of hydrogen-bond acceptors (Lipinski definition) is 5. The molecule has 2 heterocycles. The lowest BCUT2D eigenvalue weighted by Gasteiger charge is -2.35. The fourth-order valence-corrected chi connectivity index (χ4v) is 2.33. The number of aliphatic hydroxyl groups excluding tert-OH is 1. The van der Waals surface area contributed by atoms with E-state index in [-0.39, 0.29) is 6.10 Å². The summed E-state index contributed by atoms with van der Waals surface area (Å²) in [6, 6.07) is 1.98. The number of nitrogens with one attached hydrogen (secondary N) is 1. The summed E-state index contributed by atoms with van der Waals surface area (Å²) >= 11 is 0. The van der Waals surface area contributed by atoms with Crippen LogP contribution in [-0.4, -0.2) is 40.8 Å². The number of aliphatic hydroxyl groups is 1. The molecule has 2 atom stereocenters. The second-order valence-corrected chi connectivity index (χ2v) is 5.19. The third-order valence-electron chi connectivity index (χ3n) is 3.68. The smallest absolute Gasteiger partial charge is 0.134 e. The molecule has 2 N–H and O–H groups in total. The van der Waals surface area contributed by atoms with E-state index in [0.717, 1.165) is 43.4 Å². The quantitative estimate of drug-likeness (QED) is 0.866. The Hall–Kier alpha value is -1.36. The minimum absolute atomic E-state index is 0.267. The molecule has 1 aromatic rings. The van der Waals surface area contributed by atoms with Crippen LogP contribution in [0.3, 0.4) is 0 Å². The Kier molecular flexibility index (Phi) is 4.58. The minimum Gasteiger partial charge on any atom is -0.391 e. The molecule has 1 saturated heterocycles. The maximum atomic E-state index is 10.0. The molecule has 2 rings (SSSR count). The molecule has 0 bridgehead atoms. The molecule has 0 spiro atoms. The predicted octanol–water partition coefficient (Wildman–Crippen LogP) is 1.68. The summed E-state index contributed by atoms with van der Waals surface area (Å²) < 4.78 is 0. The van der Waals surface area contributed by atoms with Crippen LogP contribution in [-0.2, 0) is 6.42 Å². The second kappa shape index (κ2) is 6.19. The molecule has 0 aliphatic carbocycles. The zero-order chi connectivity index (χ0) is 13.8. The van der Waals surface area contributed by atoms with Crippen LogP contribution in [0.25, 0.3) is 0 Å². The van der Waals surface area contributed by atoms with E-state index in [0.29, 0.717) is 12.5 Å². The molecule has 5 nitrogen and oxygen atoms in total. The van der Waals surface area contributed by atoms with Crippen molar-refractivity contribution in [1.29, 1.82) is 0 Å². The predicted molar refractivity (Wildman–Crippen MR) is 77.6 cm³/mol. The number of nitrogens with zero attached hydrogens (tertiary/aromatic N) is 3. The highest BCUT2D eigenvalue weighted by Crippen LogP contribution is 2.23. The Morgan fingerprint density at radius 3 is 2.84 bits per heavy atom. The van der Waals surface area contributed by atoms with Crippen molar-refractivity contribution in [2.45, 2.75) is 39.7 Å². The highest BCUT2D eigenvalue weighted by Gasteiger charge is 2.25. The van der Waals surface area contributed by atoms with Crippen molar-refractivity contribution in [3.63, 3.8) is 0 Å². The van der Waals surface area contributed by atoms with Gasteiger partial charge in [0, 0.05) is 32.1 Å². The lowest BCUT2D eigenvalue weighted by Crippen LogP contribution is -2.43. The Labute approximate surface area is 115 Å². The third-order valence-corrected chi connectivity index (χ3v) is 3.68. The van der Waals surface area contributed by atoms with Crippen molar-refractivity contribution < 1.29 is 5.11 Å². The first kappa shape index (κ1) is 14.1. The van der Waals surface area contributed by atoms with Crippen LogP contribution in [0.2, 0.25) is 0 Å². The number of hydrogen-bond donors (Lipinski definition) is 2. The Bertz CT molecular complexity index is 424. The van der Waals surface area contributed by atoms with E-state index in [1.54, 1.807) is 0 Å². The Morgan fingerprint density at radius 1 is 1.42 bits per heavy atom. The van der Waals surface area contributed by atoms with E-state index < -0.39 is 0 Å². The van der Waals surface area contributed by atoms with Gasteiger partial charge in [-0.15, -0.1) is 0 Å². The van der Waals surface area contributed by atoms with Crippen molar-refractivity contribution in [3.8, 4) is 0 Å². The molecule has 0 amide bonds. The van der Waals surface area contributed by atoms with Gasteiger partial charge in [0.25, 0.3) is 0 Å². The number of anilines is 2. The summed E-state index contributed by atoms with van der Waals surface area (Å²) in [6.07, 6.45) is 1.55. The van der Waals surface area contributed by atoms with Crippen molar-refractivity contribution in [1.82, 2.24) is 9.97 Å². The van der Waals surface area contributed by atoms with Gasteiger partial charge in [-0.2, -0.15) is 0 Å². The van der Waals surface area contributed by atoms with Gasteiger partial charge in [0.05, 0.1) is 6.10 Å². The molecule has 2 unspecified atom stereocenters. The van der Waals surface area contributed by atoms with Gasteiger partial charge in [0.2, 0.25) is 0 Å². The first-order chi connectivity index (χ1) is 9.13. The van der Waals surface area contributed by atoms with Crippen LogP contribution < -0.4 is 10.2 Å². The van der Waals surface area contributed by atoms with E-state index in [1.165, 1.54) is 0 Å². The van der Waals surface area contributed by atoms with Gasteiger partial charge in [-0.25, -0.2) is 9.97 Å². The summed E-state index contributed by atoms with van der Waals surface area (Å²) in [5, 5.41) is 13.2. The number of aromatic nitrogens is 2. The molecule has 0 radical (unpaired) electrons. The number of rotatable bonds is 4. The lowest BCUT2D eigenvalue weighted by atomic mass is 9.96. The van der Waals surface area contributed by atoms with Gasteiger partial charge >= 0.3 is 0 Å². The zero-order valence-corrected chi connectivity index (χ0v) is 12.1. The molecule has 0 saturated carbocycles. The van der Waals surface area contributed by atoms with Gasteiger partial charge in [0.1, 0.15) is 17.5 Å². The van der Waals surface area contributed by atoms with Gasteiger partial charge in [-0.05, 0) is 19.3 Å². The molecule has 106 valence electrons. The molecule has 0 aromatic carbocycles. The lowest BCUT2D eigenvalue weighted by molar-refractivity contribution is 0.102. The van der Waals surface area contributed by atoms with Crippen LogP contribution in [0.1, 0.15) is 33.0 Å². The highest BCUT2D eigenvalue weighted by molar-refractivity contribution is 5.50. The van der Waals surface area contributed by atoms with Crippen molar-refractivity contribution in [2.75, 3.05) is 29.9 Å². The van der Waals surface area contributed by atoms with Gasteiger partial charge in [-0.3, -0.25) is 0 Å². The summed E-state index contributed by atoms with van der Waals surface area (Å²) in [6.45, 7) is 8.67. The maximum Gasteiger partial charge on any atom is 0.134 e. The van der Waals surface area contributed by atoms with Crippen LogP contribution in [0.4, 0.5) is 11.6 Å². The fourth-order valence-electron chi connectivity index (χ4n) is 2.33. The summed E-state index contributed by atoms with van der Waals surface area (Å²) in [5.41, 5.74) is 0. The average Bonchev–Trinajstić information content (AvgIpc) is 2.42. The number of aryl methyl sites for hydroxylation is 1. The van der Waals surface area contributed by atoms with Gasteiger partial charge in [0.15, 0.2) is 0 Å². The molecule has 5 heteroatoms. The van der Waals surface area contributed by atoms with Crippen LogP contribution >= 0.6 is 0 Å². The molecular formula is C14H24N4O. The Balaban J connectivity index is 2.20. The van der Waals surface area contributed by atoms with Gasteiger partial charge < -0.3 is 15.3 Å². The van der Waals surface area contributed by atoms with Crippen molar-refractivity contribution in [3.05, 3.63) is 11.9 Å². The molecule has 19 heavy (non-hydrogen) atoms. The fraction of sp³-hybridized carbons (Fsp3) is 0.714. The summed E-state index contributed by atoms with van der Waals surface area (Å²) in [4.78, 5) is 11.2. The minimum atomic E-state index is -0.267. The van der Waals surface area contributed by atoms with Crippen LogP contribution in [0, 0.1) is 5.92 Å². The third kappa shape index (κ3) is 3.35. The van der Waals surface area contributed by atoms with Gasteiger partial charge in [-0.1, -0.05) is 13.8 Å². The standard InChI is InChI=1S/C14H24N4O/c1-4-12-16-13(15-5-2)8-14(17-12)18-7-6-10(3)11(19)9-18/h8,10-11,19H,4-7,9H2,1-3H3,(H,15,16,17). The second-order valence-electron chi connectivity index (χ2n) is 5.19. The topological polar surface area (TPSA) is 61.3 Å². The summed E-state index contributed by atoms with van der Waals surface area (Å²) in [7, 11) is 0. The summed E-state index contributed by atoms with van der Waals surface area (Å²) in [5.74, 6) is 3.02. The van der Waals surface area contributed by atoms with E-state index >= 15 is 0 Å². The number of piperidine rings is 1. The zero-order valence-electron chi connectivity index (χ0n) is 12.1. The molecule has 1 fully saturated rings. The van der Waals surface area contributed by atoms with Crippen LogP contribution in [0.15, 0.2) is 6.07 Å². The van der Waals surface area contributed by atoms with E-state index in [4.69, 9.17) is 0 Å². The van der Waals surface area contributed by atoms with E-state index in [2.05, 4.69) is 41.0 Å². The first-order valence-corrected chi connectivity index (χ1v) is 7.18. The van der Waals surface area contributed by atoms with Crippen LogP contribution in [0.5, 0.6) is 0 Å². The molecule has 1 aliphatic heterocycles. The molecule has 1 aromatic heterocycles. The first-order valence-electron chi connectivity index (χ1n) is 7.18. The van der Waals surface area contributed by atoms with E-state index in [9.17, 15) is 5.11 Å².